The smallest absolute Gasteiger partial charge is 0.347 e. The number of H-pyrrole nitrogens is 1. The van der Waals surface area contributed by atoms with Gasteiger partial charge in [-0.15, -0.1) is 0 Å². The molecule has 3 aromatic rings. The van der Waals surface area contributed by atoms with Gasteiger partial charge in [0.2, 0.25) is 0 Å². The molecule has 0 aliphatic heterocycles. The lowest BCUT2D eigenvalue weighted by atomic mass is 10.1. The molecule has 0 bridgehead atoms. The maximum atomic E-state index is 12.8. The van der Waals surface area contributed by atoms with Gasteiger partial charge in [-0.25, -0.2) is 0 Å². The topological polar surface area (TPSA) is 51.3 Å². The van der Waals surface area contributed by atoms with Crippen LogP contribution >= 0.6 is 7.60 Å². The van der Waals surface area contributed by atoms with Crippen LogP contribution in [-0.4, -0.2) is 19.2 Å². The fraction of sp³-hybridized carbons (Fsp3) is 0.176. The number of nitrogens with one attached hydrogen (secondary N) is 1. The van der Waals surface area contributed by atoms with Crippen LogP contribution < -0.4 is 5.44 Å². The van der Waals surface area contributed by atoms with Crippen molar-refractivity contribution >= 4 is 23.8 Å². The summed E-state index contributed by atoms with van der Waals surface area (Å²) >= 11 is 0. The highest BCUT2D eigenvalue weighted by Crippen LogP contribution is 2.47. The number of aromatic nitrogens is 1. The van der Waals surface area contributed by atoms with Crippen LogP contribution in [0.2, 0.25) is 0 Å². The minimum absolute atomic E-state index is 0.490. The number of hydrogen-bond acceptors (Lipinski definition) is 3. The first-order valence-corrected chi connectivity index (χ1v) is 8.53. The zero-order chi connectivity index (χ0) is 15.7. The third-order valence-corrected chi connectivity index (χ3v) is 5.65. The molecule has 0 amide bonds. The van der Waals surface area contributed by atoms with Crippen LogP contribution in [0.5, 0.6) is 0 Å². The molecule has 0 saturated carbocycles. The summed E-state index contributed by atoms with van der Waals surface area (Å²) in [4.78, 5) is 3.25. The van der Waals surface area contributed by atoms with Gasteiger partial charge in [0.15, 0.2) is 0 Å². The molecule has 2 aromatic carbocycles. The van der Waals surface area contributed by atoms with E-state index in [1.807, 2.05) is 43.3 Å². The molecule has 0 aliphatic rings. The van der Waals surface area contributed by atoms with Gasteiger partial charge in [-0.1, -0.05) is 54.1 Å². The average molecular weight is 315 g/mol. The van der Waals surface area contributed by atoms with Crippen LogP contribution in [-0.2, 0) is 13.6 Å². The highest BCUT2D eigenvalue weighted by molar-refractivity contribution is 7.62. The molecule has 0 fully saturated rings. The molecule has 1 aromatic heterocycles. The normalized spacial score (nSPS) is 12.0. The van der Waals surface area contributed by atoms with Crippen LogP contribution in [0, 0.1) is 6.92 Å². The van der Waals surface area contributed by atoms with Crippen molar-refractivity contribution in [3.05, 3.63) is 54.1 Å². The van der Waals surface area contributed by atoms with Crippen LogP contribution in [0.15, 0.2) is 48.5 Å². The molecule has 0 saturated heterocycles. The van der Waals surface area contributed by atoms with E-state index in [1.54, 1.807) is 0 Å². The molecule has 0 radical (unpaired) electrons. The summed E-state index contributed by atoms with van der Waals surface area (Å²) in [5.74, 6) is 0. The second kappa shape index (κ2) is 5.73. The van der Waals surface area contributed by atoms with E-state index in [0.29, 0.717) is 5.44 Å². The zero-order valence-electron chi connectivity index (χ0n) is 12.8. The van der Waals surface area contributed by atoms with Gasteiger partial charge in [0.05, 0.1) is 5.69 Å². The zero-order valence-corrected chi connectivity index (χ0v) is 13.7. The Morgan fingerprint density at radius 1 is 0.909 bits per heavy atom. The Morgan fingerprint density at radius 2 is 1.50 bits per heavy atom. The summed E-state index contributed by atoms with van der Waals surface area (Å²) in [6.07, 6.45) is 0. The summed E-state index contributed by atoms with van der Waals surface area (Å²) in [5.41, 5.74) is 3.63. The van der Waals surface area contributed by atoms with Gasteiger partial charge in [-0.3, -0.25) is 4.57 Å². The van der Waals surface area contributed by atoms with Gasteiger partial charge in [0, 0.05) is 25.0 Å². The predicted octanol–water partition coefficient (Wildman–Crippen LogP) is 4.25. The van der Waals surface area contributed by atoms with Crippen molar-refractivity contribution in [2.24, 2.45) is 0 Å². The van der Waals surface area contributed by atoms with E-state index in [-0.39, 0.29) is 0 Å². The molecule has 3 rings (SSSR count). The minimum atomic E-state index is -3.34. The maximum absolute atomic E-state index is 12.8. The SMILES string of the molecule is COP(=O)(OC)c1[nH]c(-c2ccc(C)cc2)c2ccccc12. The third kappa shape index (κ3) is 2.40. The molecule has 0 aliphatic carbocycles. The number of fused-ring (bicyclic) bond motifs is 1. The Hall–Kier alpha value is -1.87. The standard InChI is InChI=1S/C17H18NO3P/c1-12-8-10-13(11-9-12)16-14-6-4-5-7-15(14)17(18-16)22(19,20-2)21-3/h4-11,18H,1-3H3. The number of aromatic amines is 1. The largest absolute Gasteiger partial charge is 0.377 e. The molecule has 1 heterocycles. The highest BCUT2D eigenvalue weighted by atomic mass is 31.2. The van der Waals surface area contributed by atoms with Crippen molar-refractivity contribution in [1.82, 2.24) is 4.98 Å². The first-order chi connectivity index (χ1) is 10.6. The van der Waals surface area contributed by atoms with Crippen molar-refractivity contribution in [3.63, 3.8) is 0 Å². The van der Waals surface area contributed by atoms with Crippen molar-refractivity contribution < 1.29 is 13.6 Å². The summed E-state index contributed by atoms with van der Waals surface area (Å²) in [6.45, 7) is 2.05. The van der Waals surface area contributed by atoms with Crippen LogP contribution in [0.3, 0.4) is 0 Å². The highest BCUT2D eigenvalue weighted by Gasteiger charge is 2.30. The minimum Gasteiger partial charge on any atom is -0.347 e. The van der Waals surface area contributed by atoms with Crippen LogP contribution in [0.25, 0.3) is 22.0 Å². The second-order valence-corrected chi connectivity index (χ2v) is 7.30. The van der Waals surface area contributed by atoms with Crippen molar-refractivity contribution in [3.8, 4) is 11.3 Å². The number of rotatable bonds is 4. The van der Waals surface area contributed by atoms with Gasteiger partial charge >= 0.3 is 7.60 Å². The summed E-state index contributed by atoms with van der Waals surface area (Å²) in [6, 6.07) is 16.0. The van der Waals surface area contributed by atoms with Gasteiger partial charge in [0.25, 0.3) is 0 Å². The lowest BCUT2D eigenvalue weighted by Crippen LogP contribution is -2.09. The van der Waals surface area contributed by atoms with Crippen molar-refractivity contribution in [2.45, 2.75) is 6.92 Å². The molecule has 114 valence electrons. The molecule has 0 spiro atoms. The molecule has 0 atom stereocenters. The Bertz CT molecular complexity index is 844. The molecular weight excluding hydrogens is 297 g/mol. The van der Waals surface area contributed by atoms with Gasteiger partial charge in [0.1, 0.15) is 5.44 Å². The average Bonchev–Trinajstić information content (AvgIpc) is 2.95. The molecule has 22 heavy (non-hydrogen) atoms. The third-order valence-electron chi connectivity index (χ3n) is 3.79. The Morgan fingerprint density at radius 3 is 2.09 bits per heavy atom. The number of benzene rings is 2. The van der Waals surface area contributed by atoms with E-state index >= 15 is 0 Å². The van der Waals surface area contributed by atoms with Gasteiger partial charge in [-0.05, 0) is 12.5 Å². The Kier molecular flexibility index (Phi) is 3.92. The van der Waals surface area contributed by atoms with E-state index in [1.165, 1.54) is 19.8 Å². The molecule has 1 N–H and O–H groups in total. The molecule has 0 unspecified atom stereocenters. The molecular formula is C17H18NO3P. The fourth-order valence-corrected chi connectivity index (χ4v) is 3.83. The van der Waals surface area contributed by atoms with E-state index in [9.17, 15) is 4.57 Å². The number of aryl methyl sites for hydroxylation is 1. The second-order valence-electron chi connectivity index (χ2n) is 5.12. The van der Waals surface area contributed by atoms with Crippen molar-refractivity contribution in [2.75, 3.05) is 14.2 Å². The van der Waals surface area contributed by atoms with E-state index in [2.05, 4.69) is 17.1 Å². The Labute approximate surface area is 129 Å². The Balaban J connectivity index is 2.29. The first kappa shape index (κ1) is 15.0. The molecule has 5 heteroatoms. The lowest BCUT2D eigenvalue weighted by molar-refractivity contribution is 0.287. The lowest BCUT2D eigenvalue weighted by Gasteiger charge is -2.12. The van der Waals surface area contributed by atoms with E-state index in [4.69, 9.17) is 9.05 Å². The fourth-order valence-electron chi connectivity index (χ4n) is 2.58. The van der Waals surface area contributed by atoms with Crippen molar-refractivity contribution in [1.29, 1.82) is 0 Å². The van der Waals surface area contributed by atoms with Gasteiger partial charge < -0.3 is 14.0 Å². The maximum Gasteiger partial charge on any atom is 0.377 e. The first-order valence-electron chi connectivity index (χ1n) is 6.99. The quantitative estimate of drug-likeness (QED) is 0.732. The monoisotopic (exact) mass is 315 g/mol. The van der Waals surface area contributed by atoms with Gasteiger partial charge in [-0.2, -0.15) is 0 Å². The van der Waals surface area contributed by atoms with E-state index in [0.717, 1.165) is 22.0 Å². The summed E-state index contributed by atoms with van der Waals surface area (Å²) in [7, 11) is -0.555. The summed E-state index contributed by atoms with van der Waals surface area (Å²) in [5, 5.41) is 1.85. The number of hydrogen-bond donors (Lipinski definition) is 1. The van der Waals surface area contributed by atoms with Crippen LogP contribution in [0.4, 0.5) is 0 Å². The van der Waals surface area contributed by atoms with E-state index < -0.39 is 7.60 Å². The summed E-state index contributed by atoms with van der Waals surface area (Å²) < 4.78 is 23.1. The van der Waals surface area contributed by atoms with Crippen LogP contribution in [0.1, 0.15) is 5.56 Å². The predicted molar refractivity (Wildman–Crippen MR) is 89.7 cm³/mol. The molecule has 4 nitrogen and oxygen atoms in total.